The quantitative estimate of drug-likeness (QED) is 0.466. The number of nitrogens with one attached hydrogen (secondary N) is 1. The van der Waals surface area contributed by atoms with Crippen LogP contribution in [0.3, 0.4) is 0 Å². The van der Waals surface area contributed by atoms with Gasteiger partial charge in [0.15, 0.2) is 0 Å². The molecule has 1 amide bonds. The molecule has 3 nitrogen and oxygen atoms in total. The topological polar surface area (TPSA) is 38.3 Å². The van der Waals surface area contributed by atoms with Gasteiger partial charge in [-0.05, 0) is 48.9 Å². The van der Waals surface area contributed by atoms with Crippen LogP contribution in [0.25, 0.3) is 0 Å². The summed E-state index contributed by atoms with van der Waals surface area (Å²) >= 11 is 0. The fourth-order valence-corrected chi connectivity index (χ4v) is 3.11. The van der Waals surface area contributed by atoms with Crippen molar-refractivity contribution >= 4 is 11.6 Å². The van der Waals surface area contributed by atoms with E-state index in [0.29, 0.717) is 13.0 Å². The Bertz CT molecular complexity index is 847. The summed E-state index contributed by atoms with van der Waals surface area (Å²) in [5.74, 6) is 0.753. The number of para-hydroxylation sites is 2. The summed E-state index contributed by atoms with van der Waals surface area (Å²) in [6.07, 6.45) is 4.15. The fraction of sp³-hybridized carbons (Fsp3) is 0.240. The smallest absolute Gasteiger partial charge is 0.224 e. The molecule has 0 fully saturated rings. The molecule has 0 aliphatic rings. The van der Waals surface area contributed by atoms with E-state index >= 15 is 0 Å². The van der Waals surface area contributed by atoms with Crippen LogP contribution in [0, 0.1) is 0 Å². The second-order valence-corrected chi connectivity index (χ2v) is 6.82. The molecule has 3 rings (SSSR count). The van der Waals surface area contributed by atoms with Crippen molar-refractivity contribution in [2.45, 2.75) is 32.1 Å². The van der Waals surface area contributed by atoms with Crippen LogP contribution in [0.5, 0.6) is 5.75 Å². The zero-order valence-electron chi connectivity index (χ0n) is 16.1. The van der Waals surface area contributed by atoms with Crippen LogP contribution in [0.15, 0.2) is 84.9 Å². The molecule has 3 aromatic rings. The average Bonchev–Trinajstić information content (AvgIpc) is 2.74. The van der Waals surface area contributed by atoms with Gasteiger partial charge in [-0.2, -0.15) is 0 Å². The molecule has 144 valence electrons. The largest absolute Gasteiger partial charge is 0.491 e. The van der Waals surface area contributed by atoms with Gasteiger partial charge in [0.05, 0.1) is 12.3 Å². The number of benzene rings is 3. The summed E-state index contributed by atoms with van der Waals surface area (Å²) in [6, 6.07) is 28.3. The van der Waals surface area contributed by atoms with Crippen molar-refractivity contribution in [2.75, 3.05) is 11.9 Å². The Morgan fingerprint density at radius 2 is 1.29 bits per heavy atom. The van der Waals surface area contributed by atoms with Crippen LogP contribution < -0.4 is 10.1 Å². The first-order chi connectivity index (χ1) is 13.8. The Labute approximate surface area is 167 Å². The number of carbonyl (C=O) groups is 1. The SMILES string of the molecule is O=C(CCCc1ccccc1)Nc1ccccc1OCCCc1ccccc1. The van der Waals surface area contributed by atoms with Crippen LogP contribution in [-0.4, -0.2) is 12.5 Å². The maximum Gasteiger partial charge on any atom is 0.224 e. The number of hydrogen-bond acceptors (Lipinski definition) is 2. The first kappa shape index (κ1) is 19.7. The lowest BCUT2D eigenvalue weighted by Gasteiger charge is -2.12. The standard InChI is InChI=1S/C25H27NO2/c27-25(19-9-15-21-11-3-1-4-12-21)26-23-17-7-8-18-24(23)28-20-10-16-22-13-5-2-6-14-22/h1-8,11-14,17-18H,9-10,15-16,19-20H2,(H,26,27). The highest BCUT2D eigenvalue weighted by atomic mass is 16.5. The highest BCUT2D eigenvalue weighted by Crippen LogP contribution is 2.24. The molecular weight excluding hydrogens is 346 g/mol. The van der Waals surface area contributed by atoms with E-state index in [4.69, 9.17) is 4.74 Å². The van der Waals surface area contributed by atoms with E-state index in [1.165, 1.54) is 11.1 Å². The molecule has 0 saturated heterocycles. The third-order valence-electron chi connectivity index (χ3n) is 4.58. The van der Waals surface area contributed by atoms with E-state index in [2.05, 4.69) is 41.7 Å². The third-order valence-corrected chi connectivity index (χ3v) is 4.58. The van der Waals surface area contributed by atoms with Gasteiger partial charge in [-0.3, -0.25) is 4.79 Å². The Balaban J connectivity index is 1.43. The number of ether oxygens (including phenoxy) is 1. The lowest BCUT2D eigenvalue weighted by molar-refractivity contribution is -0.116. The van der Waals surface area contributed by atoms with Crippen LogP contribution in [0.1, 0.15) is 30.4 Å². The predicted octanol–water partition coefficient (Wildman–Crippen LogP) is 5.66. The fourth-order valence-electron chi connectivity index (χ4n) is 3.11. The zero-order valence-corrected chi connectivity index (χ0v) is 16.1. The lowest BCUT2D eigenvalue weighted by atomic mass is 10.1. The van der Waals surface area contributed by atoms with E-state index in [9.17, 15) is 4.79 Å². The van der Waals surface area contributed by atoms with E-state index < -0.39 is 0 Å². The normalized spacial score (nSPS) is 10.4. The Hall–Kier alpha value is -3.07. The molecule has 3 aromatic carbocycles. The number of anilines is 1. The van der Waals surface area contributed by atoms with Gasteiger partial charge in [0.2, 0.25) is 5.91 Å². The molecule has 0 saturated carbocycles. The predicted molar refractivity (Wildman–Crippen MR) is 115 cm³/mol. The van der Waals surface area contributed by atoms with E-state index in [1.807, 2.05) is 48.5 Å². The summed E-state index contributed by atoms with van der Waals surface area (Å²) in [5.41, 5.74) is 3.32. The van der Waals surface area contributed by atoms with Crippen LogP contribution in [0.4, 0.5) is 5.69 Å². The second kappa shape index (κ2) is 10.9. The van der Waals surface area contributed by atoms with Crippen molar-refractivity contribution in [3.05, 3.63) is 96.1 Å². The van der Waals surface area contributed by atoms with Gasteiger partial charge in [-0.1, -0.05) is 72.8 Å². The Morgan fingerprint density at radius 3 is 1.96 bits per heavy atom. The Morgan fingerprint density at radius 1 is 0.714 bits per heavy atom. The van der Waals surface area contributed by atoms with Gasteiger partial charge in [-0.25, -0.2) is 0 Å². The maximum atomic E-state index is 12.3. The minimum Gasteiger partial charge on any atom is -0.491 e. The van der Waals surface area contributed by atoms with Crippen molar-refractivity contribution in [3.8, 4) is 5.75 Å². The number of rotatable bonds is 10. The highest BCUT2D eigenvalue weighted by molar-refractivity contribution is 5.92. The molecule has 0 aromatic heterocycles. The molecule has 0 aliphatic carbocycles. The van der Waals surface area contributed by atoms with Crippen molar-refractivity contribution in [2.24, 2.45) is 0 Å². The van der Waals surface area contributed by atoms with Gasteiger partial charge in [0.25, 0.3) is 0 Å². The minimum absolute atomic E-state index is 0.0243. The number of amides is 1. The van der Waals surface area contributed by atoms with Crippen LogP contribution in [-0.2, 0) is 17.6 Å². The molecule has 0 bridgehead atoms. The summed E-state index contributed by atoms with van der Waals surface area (Å²) in [5, 5.41) is 2.99. The summed E-state index contributed by atoms with van der Waals surface area (Å²) < 4.78 is 5.92. The first-order valence-electron chi connectivity index (χ1n) is 9.91. The van der Waals surface area contributed by atoms with Gasteiger partial charge in [-0.15, -0.1) is 0 Å². The molecule has 3 heteroatoms. The van der Waals surface area contributed by atoms with E-state index in [1.54, 1.807) is 0 Å². The minimum atomic E-state index is 0.0243. The van der Waals surface area contributed by atoms with E-state index in [0.717, 1.165) is 37.1 Å². The molecule has 0 aliphatic heterocycles. The maximum absolute atomic E-state index is 12.3. The third kappa shape index (κ3) is 6.58. The highest BCUT2D eigenvalue weighted by Gasteiger charge is 2.08. The zero-order chi connectivity index (χ0) is 19.4. The summed E-state index contributed by atoms with van der Waals surface area (Å²) in [4.78, 5) is 12.3. The molecular formula is C25H27NO2. The van der Waals surface area contributed by atoms with Crippen molar-refractivity contribution in [1.29, 1.82) is 0 Å². The van der Waals surface area contributed by atoms with Crippen molar-refractivity contribution in [3.63, 3.8) is 0 Å². The molecule has 1 N–H and O–H groups in total. The van der Waals surface area contributed by atoms with Gasteiger partial charge in [0.1, 0.15) is 5.75 Å². The summed E-state index contributed by atoms with van der Waals surface area (Å²) in [6.45, 7) is 0.621. The van der Waals surface area contributed by atoms with Crippen LogP contribution in [0.2, 0.25) is 0 Å². The number of hydrogen-bond donors (Lipinski definition) is 1. The summed E-state index contributed by atoms with van der Waals surface area (Å²) in [7, 11) is 0. The lowest BCUT2D eigenvalue weighted by Crippen LogP contribution is -2.13. The van der Waals surface area contributed by atoms with Crippen molar-refractivity contribution in [1.82, 2.24) is 0 Å². The van der Waals surface area contributed by atoms with E-state index in [-0.39, 0.29) is 5.91 Å². The molecule has 0 radical (unpaired) electrons. The van der Waals surface area contributed by atoms with Gasteiger partial charge < -0.3 is 10.1 Å². The number of carbonyl (C=O) groups excluding carboxylic acids is 1. The van der Waals surface area contributed by atoms with Crippen molar-refractivity contribution < 1.29 is 9.53 Å². The number of aryl methyl sites for hydroxylation is 2. The van der Waals surface area contributed by atoms with Gasteiger partial charge in [0, 0.05) is 6.42 Å². The molecule has 0 unspecified atom stereocenters. The molecule has 0 spiro atoms. The Kier molecular flexibility index (Phi) is 7.68. The average molecular weight is 373 g/mol. The first-order valence-corrected chi connectivity index (χ1v) is 9.91. The monoisotopic (exact) mass is 373 g/mol. The van der Waals surface area contributed by atoms with Crippen LogP contribution >= 0.6 is 0 Å². The van der Waals surface area contributed by atoms with Gasteiger partial charge >= 0.3 is 0 Å². The molecule has 0 heterocycles. The molecule has 28 heavy (non-hydrogen) atoms. The second-order valence-electron chi connectivity index (χ2n) is 6.82. The molecule has 0 atom stereocenters.